The molecular formula is C82H80ClF3N18O16. The first-order chi connectivity index (χ1) is 57.3. The number of aromatic nitrogens is 9. The van der Waals surface area contributed by atoms with E-state index in [9.17, 15) is 63.9 Å². The number of carbonyl (C=O) groups excluding carboxylic acids is 5. The van der Waals surface area contributed by atoms with Crippen LogP contribution in [0.1, 0.15) is 126 Å². The number of rotatable bonds is 8. The lowest BCUT2D eigenvalue weighted by molar-refractivity contribution is -0.280. The van der Waals surface area contributed by atoms with Crippen molar-refractivity contribution in [3.63, 3.8) is 0 Å². The number of benzene rings is 3. The van der Waals surface area contributed by atoms with E-state index in [1.807, 2.05) is 40.1 Å². The predicted molar refractivity (Wildman–Crippen MR) is 417 cm³/mol. The number of halogens is 4. The monoisotopic (exact) mass is 1660 g/mol. The van der Waals surface area contributed by atoms with Gasteiger partial charge in [-0.25, -0.2) is 56.9 Å². The van der Waals surface area contributed by atoms with Gasteiger partial charge in [0.05, 0.1) is 204 Å². The predicted octanol–water partition coefficient (Wildman–Crippen LogP) is 8.68. The highest BCUT2D eigenvalue weighted by molar-refractivity contribution is 6.35. The van der Waals surface area contributed by atoms with E-state index in [0.29, 0.717) is 87.4 Å². The summed E-state index contributed by atoms with van der Waals surface area (Å²) in [6.07, 6.45) is 3.71. The zero-order valence-corrected chi connectivity index (χ0v) is 66.4. The minimum absolute atomic E-state index is 0.00660. The fourth-order valence-corrected chi connectivity index (χ4v) is 15.3. The van der Waals surface area contributed by atoms with Crippen molar-refractivity contribution in [2.45, 2.75) is 127 Å². The van der Waals surface area contributed by atoms with Crippen molar-refractivity contribution >= 4 is 59.0 Å². The molecule has 0 atom stereocenters. The molecule has 0 unspecified atom stereocenters. The Bertz CT molecular complexity index is 5640. The normalized spacial score (nSPS) is 22.2. The molecule has 622 valence electrons. The Morgan fingerprint density at radius 2 is 0.908 bits per heavy atom. The van der Waals surface area contributed by atoms with Gasteiger partial charge in [0.15, 0.2) is 29.0 Å². The maximum atomic E-state index is 15.1. The van der Waals surface area contributed by atoms with Crippen LogP contribution in [0.4, 0.5) is 40.2 Å². The summed E-state index contributed by atoms with van der Waals surface area (Å²) in [5, 5.41) is 76.1. The van der Waals surface area contributed by atoms with Gasteiger partial charge in [0.25, 0.3) is 17.7 Å². The second-order valence-corrected chi connectivity index (χ2v) is 31.9. The van der Waals surface area contributed by atoms with Crippen LogP contribution in [0.25, 0.3) is 45.1 Å². The Morgan fingerprint density at radius 3 is 1.32 bits per heavy atom. The number of pyridine rings is 3. The number of hydrogen-bond acceptors (Lipinski definition) is 28. The van der Waals surface area contributed by atoms with Crippen LogP contribution in [0.5, 0.6) is 0 Å². The van der Waals surface area contributed by atoms with Crippen LogP contribution in [-0.4, -0.2) is 226 Å². The van der Waals surface area contributed by atoms with E-state index in [1.165, 1.54) is 71.4 Å². The number of carbonyl (C=O) groups is 5. The van der Waals surface area contributed by atoms with Crippen molar-refractivity contribution < 1.29 is 90.4 Å². The molecule has 38 heteroatoms. The van der Waals surface area contributed by atoms with E-state index >= 15 is 4.39 Å². The molecule has 3 spiro atoms. The zero-order chi connectivity index (χ0) is 84.9. The van der Waals surface area contributed by atoms with Gasteiger partial charge in [0.1, 0.15) is 52.8 Å². The molecule has 120 heavy (non-hydrogen) atoms. The number of nitrogens with zero attached hydrogens (tertiary/aromatic N) is 16. The summed E-state index contributed by atoms with van der Waals surface area (Å²) >= 11 is 6.23. The van der Waals surface area contributed by atoms with Crippen molar-refractivity contribution in [1.29, 1.82) is 15.8 Å². The summed E-state index contributed by atoms with van der Waals surface area (Å²) < 4.78 is 92.2. The molecule has 3 aromatic carbocycles. The van der Waals surface area contributed by atoms with Gasteiger partial charge in [-0.1, -0.05) is 29.8 Å². The van der Waals surface area contributed by atoms with E-state index in [1.54, 1.807) is 76.9 Å². The molecule has 5 N–H and O–H groups in total. The number of hydrogen-bond donors (Lipinski definition) is 5. The van der Waals surface area contributed by atoms with E-state index < -0.39 is 88.3 Å². The highest BCUT2D eigenvalue weighted by Gasteiger charge is 2.48. The Kier molecular flexibility index (Phi) is 22.8. The number of fused-ring (bicyclic) bond motifs is 3. The summed E-state index contributed by atoms with van der Waals surface area (Å²) in [5.74, 6) is -3.32. The Morgan fingerprint density at radius 1 is 0.525 bits per heavy atom. The summed E-state index contributed by atoms with van der Waals surface area (Å²) in [7, 11) is 0. The first kappa shape index (κ1) is 82.8. The highest BCUT2D eigenvalue weighted by atomic mass is 35.5. The number of nitriles is 3. The summed E-state index contributed by atoms with van der Waals surface area (Å²) in [6.45, 7) is 15.2. The van der Waals surface area contributed by atoms with Gasteiger partial charge in [-0.05, 0) is 96.1 Å². The number of imide groups is 2. The lowest BCUT2D eigenvalue weighted by Gasteiger charge is -2.35. The van der Waals surface area contributed by atoms with E-state index in [-0.39, 0.29) is 136 Å². The van der Waals surface area contributed by atoms with Gasteiger partial charge in [-0.15, -0.1) is 0 Å². The fraction of sp³-hybridized carbons (Fsp3) is 0.390. The van der Waals surface area contributed by atoms with Gasteiger partial charge in [-0.2, -0.15) is 31.1 Å². The molecule has 6 aromatic heterocycles. The number of amides is 5. The van der Waals surface area contributed by atoms with Crippen molar-refractivity contribution in [3.05, 3.63) is 183 Å². The second-order valence-electron chi connectivity index (χ2n) is 31.5. The van der Waals surface area contributed by atoms with Crippen molar-refractivity contribution in [2.24, 2.45) is 0 Å². The smallest absolute Gasteiger partial charge is 0.417 e. The van der Waals surface area contributed by atoms with Gasteiger partial charge in [0.2, 0.25) is 0 Å². The average molecular weight is 1670 g/mol. The Balaban J connectivity index is 0.000000130. The standard InChI is InChI=1S/C29H29FN6O6.C24H21FN6O4.C19H15ClFN3O3.C10H15N3O3/c1-28(2,3)42-27(39)35-13-21-25(26(35)38)22(11-20(32-21)24-17(12-31)5-4-6-19(24)30)36-9-7-23(33-36)34-10-8-29(16-34)40-14-18(37)15-41-29;25-16-3-1-2-14(9-26)21(16)17-8-19(22-18(28-17)10-27-23(22)33)31-6-4-20(29-31)30-7-5-24(13-30)34-11-15(32)12-35-24;1-19(2,3)27-18(26)24-9-14-16(17(24)25)11(20)7-13(23-14)15-10(8-22)5-4-6-12(15)21;14-8-5-15-10(16-6-8)2-4-13(7-10)9-1-3-11-12-9/h4-7,9,11,18,37H,8,10,13-16H2,1-3H3;1-4,6,8,15,32H,5,7,10-13H2,(H,27,33);4-7H,9H2,1-3H3;1,3,8,14H,2,4-7H2,(H,11,12). The average Bonchev–Trinajstić information content (AvgIpc) is 1.55. The van der Waals surface area contributed by atoms with Crippen LogP contribution in [0.15, 0.2) is 110 Å². The third-order valence-electron chi connectivity index (χ3n) is 20.7. The van der Waals surface area contributed by atoms with Crippen LogP contribution in [0.2, 0.25) is 5.02 Å². The first-order valence-electron chi connectivity index (χ1n) is 38.3. The fourth-order valence-electron chi connectivity index (χ4n) is 15.0. The van der Waals surface area contributed by atoms with Crippen LogP contribution >= 0.6 is 11.6 Å². The van der Waals surface area contributed by atoms with Gasteiger partial charge in [0, 0.05) is 69.5 Å². The zero-order valence-electron chi connectivity index (χ0n) is 65.7. The van der Waals surface area contributed by atoms with Crippen LogP contribution in [-0.2, 0) is 57.5 Å². The molecule has 5 amide bonds. The molecule has 6 saturated heterocycles. The van der Waals surface area contributed by atoms with Crippen molar-refractivity contribution in [2.75, 3.05) is 93.6 Å². The van der Waals surface area contributed by atoms with Crippen molar-refractivity contribution in [3.8, 4) is 63.4 Å². The lowest BCUT2D eigenvalue weighted by Crippen LogP contribution is -2.48. The molecule has 0 aliphatic carbocycles. The van der Waals surface area contributed by atoms with Crippen LogP contribution in [0, 0.1) is 51.4 Å². The van der Waals surface area contributed by atoms with Gasteiger partial charge < -0.3 is 73.2 Å². The molecule has 0 saturated carbocycles. The number of aliphatic hydroxyl groups excluding tert-OH is 3. The topological polar surface area (TPSA) is 422 Å². The Hall–Kier alpha value is -12.3. The maximum absolute atomic E-state index is 15.1. The largest absolute Gasteiger partial charge is 0.443 e. The van der Waals surface area contributed by atoms with Crippen LogP contribution < -0.4 is 20.0 Å². The first-order valence-corrected chi connectivity index (χ1v) is 38.7. The molecule has 9 aliphatic rings. The number of aromatic amines is 1. The van der Waals surface area contributed by atoms with Crippen molar-refractivity contribution in [1.82, 2.24) is 59.8 Å². The van der Waals surface area contributed by atoms with E-state index in [0.717, 1.165) is 28.6 Å². The quantitative estimate of drug-likeness (QED) is 0.0949. The highest BCUT2D eigenvalue weighted by Crippen LogP contribution is 2.41. The maximum Gasteiger partial charge on any atom is 0.417 e. The van der Waals surface area contributed by atoms with Gasteiger partial charge >= 0.3 is 12.2 Å². The lowest BCUT2D eigenvalue weighted by atomic mass is 10.0. The third-order valence-corrected chi connectivity index (χ3v) is 21.0. The number of H-pyrrole nitrogens is 1. The molecule has 15 heterocycles. The molecule has 9 aliphatic heterocycles. The number of aliphatic hydroxyl groups is 3. The summed E-state index contributed by atoms with van der Waals surface area (Å²) in [5.41, 5.74) is 1.45. The molecule has 0 radical (unpaired) electrons. The van der Waals surface area contributed by atoms with E-state index in [2.05, 4.69) is 40.5 Å². The Labute approximate surface area is 688 Å². The van der Waals surface area contributed by atoms with Crippen LogP contribution in [0.3, 0.4) is 0 Å². The molecule has 18 rings (SSSR count). The third kappa shape index (κ3) is 17.0. The molecule has 0 bridgehead atoms. The minimum atomic E-state index is -0.837. The molecule has 9 aromatic rings. The molecule has 6 fully saturated rings. The van der Waals surface area contributed by atoms with E-state index in [4.69, 9.17) is 54.6 Å². The molecule has 34 nitrogen and oxygen atoms in total. The molecular weight excluding hydrogens is 1590 g/mol. The number of anilines is 3. The number of ether oxygens (including phenoxy) is 8. The van der Waals surface area contributed by atoms with Gasteiger partial charge in [-0.3, -0.25) is 19.5 Å². The second kappa shape index (κ2) is 33.1. The summed E-state index contributed by atoms with van der Waals surface area (Å²) in [4.78, 5) is 85.3. The SMILES string of the molecule is CC(C)(C)OC(=O)N1Cc2nc(-c3c(F)cccc3C#N)cc(-n3ccc(N4CCC5(C4)OCC(O)CO5)n3)c2C1=O.CC(C)(C)OC(=O)N1Cc2nc(-c3c(F)cccc3C#N)cc(Cl)c2C1=O.N#Cc1cccc(F)c1-c1cc(-n2ccc(N3CCC4(C3)OCC(O)CO4)n2)c2c(n1)CNC2=O.OC1COC2(CCN(c3ccn[nH]3)C2)OC1. The minimum Gasteiger partial charge on any atom is -0.443 e. The summed E-state index contributed by atoms with van der Waals surface area (Å²) in [6, 6.07) is 28.3. The number of nitrogens with one attached hydrogen (secondary N) is 2.